The third-order valence-corrected chi connectivity index (χ3v) is 2.68. The predicted octanol–water partition coefficient (Wildman–Crippen LogP) is 0.431. The number of carbonyl (C=O) groups is 2. The van der Waals surface area contributed by atoms with E-state index in [0.717, 1.165) is 0 Å². The first kappa shape index (κ1) is 12.8. The van der Waals surface area contributed by atoms with Crippen molar-refractivity contribution in [3.8, 4) is 0 Å². The molecule has 6 heteroatoms. The second-order valence-electron chi connectivity index (χ2n) is 3.84. The van der Waals surface area contributed by atoms with Crippen LogP contribution in [0.5, 0.6) is 0 Å². The maximum atomic E-state index is 11.9. The quantitative estimate of drug-likeness (QED) is 0.783. The molecule has 98 valence electrons. The van der Waals surface area contributed by atoms with Gasteiger partial charge in [0.2, 0.25) is 0 Å². The molecule has 19 heavy (non-hydrogen) atoms. The van der Waals surface area contributed by atoms with Gasteiger partial charge in [-0.3, -0.25) is 14.4 Å². The van der Waals surface area contributed by atoms with E-state index in [9.17, 15) is 14.4 Å². The van der Waals surface area contributed by atoms with Crippen LogP contribution in [0.1, 0.15) is 10.4 Å². The van der Waals surface area contributed by atoms with Crippen LogP contribution in [0.3, 0.4) is 0 Å². The zero-order chi connectivity index (χ0) is 13.8. The van der Waals surface area contributed by atoms with Gasteiger partial charge in [-0.1, -0.05) is 18.2 Å². The SMILES string of the molecule is COC(=O)CNC(=O)c1c[nH]c(=O)c2ccccc12. The van der Waals surface area contributed by atoms with Crippen molar-refractivity contribution in [3.05, 3.63) is 46.4 Å². The first-order valence-electron chi connectivity index (χ1n) is 5.59. The highest BCUT2D eigenvalue weighted by atomic mass is 16.5. The number of esters is 1. The summed E-state index contributed by atoms with van der Waals surface area (Å²) < 4.78 is 4.43. The van der Waals surface area contributed by atoms with Crippen molar-refractivity contribution in [2.75, 3.05) is 13.7 Å². The molecule has 2 rings (SSSR count). The Morgan fingerprint density at radius 3 is 2.63 bits per heavy atom. The summed E-state index contributed by atoms with van der Waals surface area (Å²) in [5, 5.41) is 3.39. The lowest BCUT2D eigenvalue weighted by Gasteiger charge is -2.06. The topological polar surface area (TPSA) is 88.3 Å². The van der Waals surface area contributed by atoms with E-state index in [-0.39, 0.29) is 12.1 Å². The van der Waals surface area contributed by atoms with E-state index < -0.39 is 11.9 Å². The van der Waals surface area contributed by atoms with Gasteiger partial charge in [-0.25, -0.2) is 0 Å². The zero-order valence-electron chi connectivity index (χ0n) is 10.2. The molecule has 0 atom stereocenters. The summed E-state index contributed by atoms with van der Waals surface area (Å²) in [5.41, 5.74) is 0.0409. The highest BCUT2D eigenvalue weighted by Gasteiger charge is 2.12. The molecule has 0 bridgehead atoms. The standard InChI is InChI=1S/C13H12N2O4/c1-19-11(16)7-15-13(18)10-6-14-12(17)9-5-3-2-4-8(9)10/h2-6H,7H2,1H3,(H,14,17)(H,15,18). The molecular formula is C13H12N2O4. The molecule has 1 heterocycles. The molecule has 2 aromatic rings. The van der Waals surface area contributed by atoms with E-state index in [0.29, 0.717) is 16.3 Å². The summed E-state index contributed by atoms with van der Waals surface area (Å²) >= 11 is 0. The van der Waals surface area contributed by atoms with E-state index in [1.165, 1.54) is 13.3 Å². The summed E-state index contributed by atoms with van der Waals surface area (Å²) in [6.45, 7) is -0.219. The first-order chi connectivity index (χ1) is 9.13. The number of ether oxygens (including phenoxy) is 1. The van der Waals surface area contributed by atoms with Gasteiger partial charge in [0.25, 0.3) is 11.5 Å². The molecule has 0 fully saturated rings. The number of H-pyrrole nitrogens is 1. The van der Waals surface area contributed by atoms with Crippen molar-refractivity contribution >= 4 is 22.6 Å². The molecule has 1 amide bonds. The van der Waals surface area contributed by atoms with Crippen molar-refractivity contribution in [1.29, 1.82) is 0 Å². The van der Waals surface area contributed by atoms with Gasteiger partial charge in [0.1, 0.15) is 6.54 Å². The summed E-state index contributed by atoms with van der Waals surface area (Å²) in [5.74, 6) is -0.986. The van der Waals surface area contributed by atoms with E-state index >= 15 is 0 Å². The Morgan fingerprint density at radius 2 is 1.95 bits per heavy atom. The molecule has 0 aliphatic rings. The minimum atomic E-state index is -0.540. The van der Waals surface area contributed by atoms with Gasteiger partial charge in [0.05, 0.1) is 12.7 Å². The third-order valence-electron chi connectivity index (χ3n) is 2.68. The molecule has 0 radical (unpaired) electrons. The zero-order valence-corrected chi connectivity index (χ0v) is 10.2. The number of fused-ring (bicyclic) bond motifs is 1. The molecule has 1 aromatic carbocycles. The summed E-state index contributed by atoms with van der Waals surface area (Å²) in [7, 11) is 1.24. The minimum Gasteiger partial charge on any atom is -0.468 e. The smallest absolute Gasteiger partial charge is 0.325 e. The Labute approximate surface area is 108 Å². The number of benzene rings is 1. The number of rotatable bonds is 3. The van der Waals surface area contributed by atoms with E-state index in [2.05, 4.69) is 15.0 Å². The predicted molar refractivity (Wildman–Crippen MR) is 68.9 cm³/mol. The summed E-state index contributed by atoms with van der Waals surface area (Å²) in [6, 6.07) is 6.76. The number of aromatic amines is 1. The average Bonchev–Trinajstić information content (AvgIpc) is 2.45. The fourth-order valence-electron chi connectivity index (χ4n) is 1.72. The van der Waals surface area contributed by atoms with Gasteiger partial charge in [0.15, 0.2) is 0 Å². The van der Waals surface area contributed by atoms with Crippen LogP contribution in [-0.2, 0) is 9.53 Å². The molecule has 6 nitrogen and oxygen atoms in total. The maximum absolute atomic E-state index is 11.9. The second kappa shape index (κ2) is 5.34. The molecule has 0 spiro atoms. The summed E-state index contributed by atoms with van der Waals surface area (Å²) in [6.07, 6.45) is 1.33. The molecule has 0 unspecified atom stereocenters. The number of pyridine rings is 1. The Kier molecular flexibility index (Phi) is 3.61. The number of methoxy groups -OCH3 is 1. The number of amides is 1. The van der Waals surface area contributed by atoms with Gasteiger partial charge in [0, 0.05) is 17.0 Å². The fourth-order valence-corrected chi connectivity index (χ4v) is 1.72. The largest absolute Gasteiger partial charge is 0.468 e. The number of hydrogen-bond acceptors (Lipinski definition) is 4. The molecule has 0 aliphatic carbocycles. The fraction of sp³-hybridized carbons (Fsp3) is 0.154. The lowest BCUT2D eigenvalue weighted by molar-refractivity contribution is -0.139. The highest BCUT2D eigenvalue weighted by Crippen LogP contribution is 2.13. The second-order valence-corrected chi connectivity index (χ2v) is 3.84. The van der Waals surface area contributed by atoms with Gasteiger partial charge < -0.3 is 15.0 Å². The Balaban J connectivity index is 2.35. The number of aromatic nitrogens is 1. The molecule has 0 aliphatic heterocycles. The number of nitrogens with one attached hydrogen (secondary N) is 2. The molecule has 2 N–H and O–H groups in total. The lowest BCUT2D eigenvalue weighted by Crippen LogP contribution is -2.30. The van der Waals surface area contributed by atoms with Crippen LogP contribution in [0.25, 0.3) is 10.8 Å². The van der Waals surface area contributed by atoms with Crippen LogP contribution < -0.4 is 10.9 Å². The normalized spacial score (nSPS) is 10.2. The molecule has 1 aromatic heterocycles. The van der Waals surface area contributed by atoms with Crippen molar-refractivity contribution in [1.82, 2.24) is 10.3 Å². The Hall–Kier alpha value is -2.63. The van der Waals surface area contributed by atoms with Crippen LogP contribution in [0.15, 0.2) is 35.3 Å². The van der Waals surface area contributed by atoms with Crippen LogP contribution in [0.2, 0.25) is 0 Å². The average molecular weight is 260 g/mol. The van der Waals surface area contributed by atoms with E-state index in [1.807, 2.05) is 0 Å². The molecule has 0 saturated heterocycles. The van der Waals surface area contributed by atoms with Gasteiger partial charge >= 0.3 is 5.97 Å². The third kappa shape index (κ3) is 2.62. The van der Waals surface area contributed by atoms with Crippen LogP contribution in [-0.4, -0.2) is 30.5 Å². The molecular weight excluding hydrogens is 248 g/mol. The Morgan fingerprint density at radius 1 is 1.26 bits per heavy atom. The van der Waals surface area contributed by atoms with Gasteiger partial charge in [-0.2, -0.15) is 0 Å². The number of carbonyl (C=O) groups excluding carboxylic acids is 2. The van der Waals surface area contributed by atoms with Crippen molar-refractivity contribution < 1.29 is 14.3 Å². The van der Waals surface area contributed by atoms with Gasteiger partial charge in [-0.15, -0.1) is 0 Å². The maximum Gasteiger partial charge on any atom is 0.325 e. The van der Waals surface area contributed by atoms with Crippen molar-refractivity contribution in [2.45, 2.75) is 0 Å². The molecule has 0 saturated carbocycles. The van der Waals surface area contributed by atoms with Gasteiger partial charge in [-0.05, 0) is 6.07 Å². The van der Waals surface area contributed by atoms with Crippen LogP contribution in [0.4, 0.5) is 0 Å². The van der Waals surface area contributed by atoms with Crippen molar-refractivity contribution in [3.63, 3.8) is 0 Å². The summed E-state index contributed by atoms with van der Waals surface area (Å²) in [4.78, 5) is 37.0. The Bertz CT molecular complexity index is 690. The van der Waals surface area contributed by atoms with E-state index in [1.54, 1.807) is 24.3 Å². The van der Waals surface area contributed by atoms with E-state index in [4.69, 9.17) is 0 Å². The van der Waals surface area contributed by atoms with Crippen molar-refractivity contribution in [2.24, 2.45) is 0 Å². The highest BCUT2D eigenvalue weighted by molar-refractivity contribution is 6.07. The van der Waals surface area contributed by atoms with Crippen LogP contribution >= 0.6 is 0 Å². The monoisotopic (exact) mass is 260 g/mol. The number of hydrogen-bond donors (Lipinski definition) is 2. The minimum absolute atomic E-state index is 0.219. The lowest BCUT2D eigenvalue weighted by atomic mass is 10.1. The first-order valence-corrected chi connectivity index (χ1v) is 5.59. The van der Waals surface area contributed by atoms with Crippen LogP contribution in [0, 0.1) is 0 Å².